The first kappa shape index (κ1) is 16.3. The Morgan fingerprint density at radius 2 is 1.95 bits per heavy atom. The van der Waals surface area contributed by atoms with Crippen LogP contribution in [0.3, 0.4) is 0 Å². The molecule has 0 fully saturated rings. The lowest BCUT2D eigenvalue weighted by Gasteiger charge is -2.10. The Hall–Kier alpha value is -1.78. The molecule has 106 valence electrons. The van der Waals surface area contributed by atoms with Gasteiger partial charge in [-0.3, -0.25) is 4.79 Å². The van der Waals surface area contributed by atoms with Crippen LogP contribution in [0.25, 0.3) is 6.08 Å². The summed E-state index contributed by atoms with van der Waals surface area (Å²) < 4.78 is 0. The van der Waals surface area contributed by atoms with E-state index >= 15 is 0 Å². The first-order chi connectivity index (χ1) is 9.45. The maximum atomic E-state index is 11.6. The Bertz CT molecular complexity index is 535. The van der Waals surface area contributed by atoms with Gasteiger partial charge in [0.1, 0.15) is 6.04 Å². The van der Waals surface area contributed by atoms with Crippen LogP contribution in [0.15, 0.2) is 36.9 Å². The molecule has 0 bridgehead atoms. The molecule has 6 heteroatoms. The standard InChI is InChI=1S/C14H13Cl2NO3/c1-2-4-12(14(19)20)17-13(18)8-7-9-10(15)5-3-6-11(9)16/h2-3,5-8,12H,1,4H2,(H,17,18)(H,19,20)/b8-7+. The molecule has 20 heavy (non-hydrogen) atoms. The molecule has 1 rings (SSSR count). The lowest BCUT2D eigenvalue weighted by Crippen LogP contribution is -2.39. The monoisotopic (exact) mass is 313 g/mol. The molecule has 0 radical (unpaired) electrons. The van der Waals surface area contributed by atoms with Crippen molar-refractivity contribution in [3.8, 4) is 0 Å². The minimum Gasteiger partial charge on any atom is -0.480 e. The molecule has 0 aliphatic rings. The number of carboxylic acid groups (broad SMARTS) is 1. The van der Waals surface area contributed by atoms with Crippen LogP contribution in [0, 0.1) is 0 Å². The fourth-order valence-corrected chi connectivity index (χ4v) is 1.96. The Kier molecular flexibility index (Phi) is 6.28. The van der Waals surface area contributed by atoms with Gasteiger partial charge in [-0.2, -0.15) is 0 Å². The molecule has 0 spiro atoms. The molecular formula is C14H13Cl2NO3. The van der Waals surface area contributed by atoms with Crippen molar-refractivity contribution in [1.29, 1.82) is 0 Å². The van der Waals surface area contributed by atoms with Gasteiger partial charge in [-0.05, 0) is 24.6 Å². The lowest BCUT2D eigenvalue weighted by molar-refractivity contribution is -0.141. The molecule has 2 N–H and O–H groups in total. The zero-order chi connectivity index (χ0) is 15.1. The summed E-state index contributed by atoms with van der Waals surface area (Å²) in [5.41, 5.74) is 0.501. The summed E-state index contributed by atoms with van der Waals surface area (Å²) >= 11 is 11.9. The predicted molar refractivity (Wildman–Crippen MR) is 79.9 cm³/mol. The average Bonchev–Trinajstić information content (AvgIpc) is 2.37. The van der Waals surface area contributed by atoms with Crippen molar-refractivity contribution < 1.29 is 14.7 Å². The number of rotatable bonds is 6. The number of carbonyl (C=O) groups is 2. The summed E-state index contributed by atoms with van der Waals surface area (Å²) in [6, 6.07) is 3.96. The summed E-state index contributed by atoms with van der Waals surface area (Å²) in [4.78, 5) is 22.5. The van der Waals surface area contributed by atoms with Gasteiger partial charge in [0.2, 0.25) is 5.91 Å². The van der Waals surface area contributed by atoms with Crippen molar-refractivity contribution in [2.75, 3.05) is 0 Å². The van der Waals surface area contributed by atoms with E-state index in [9.17, 15) is 9.59 Å². The molecule has 1 amide bonds. The Morgan fingerprint density at radius 1 is 1.35 bits per heavy atom. The third-order valence-electron chi connectivity index (χ3n) is 2.42. The minimum atomic E-state index is -1.12. The third-order valence-corrected chi connectivity index (χ3v) is 3.08. The molecule has 1 aromatic rings. The lowest BCUT2D eigenvalue weighted by atomic mass is 10.2. The highest BCUT2D eigenvalue weighted by Gasteiger charge is 2.16. The van der Waals surface area contributed by atoms with Crippen molar-refractivity contribution in [3.63, 3.8) is 0 Å². The average molecular weight is 314 g/mol. The van der Waals surface area contributed by atoms with Crippen LogP contribution < -0.4 is 5.32 Å². The van der Waals surface area contributed by atoms with Gasteiger partial charge in [0.15, 0.2) is 0 Å². The SMILES string of the molecule is C=CCC(NC(=O)/C=C/c1c(Cl)cccc1Cl)C(=O)O. The van der Waals surface area contributed by atoms with E-state index in [4.69, 9.17) is 28.3 Å². The minimum absolute atomic E-state index is 0.141. The fourth-order valence-electron chi connectivity index (χ4n) is 1.44. The van der Waals surface area contributed by atoms with E-state index < -0.39 is 17.9 Å². The molecule has 0 aromatic heterocycles. The summed E-state index contributed by atoms with van der Waals surface area (Å²) in [5, 5.41) is 12.1. The van der Waals surface area contributed by atoms with Gasteiger partial charge in [0.25, 0.3) is 0 Å². The molecular weight excluding hydrogens is 301 g/mol. The van der Waals surface area contributed by atoms with Crippen LogP contribution in [0.5, 0.6) is 0 Å². The Morgan fingerprint density at radius 3 is 2.45 bits per heavy atom. The molecule has 0 saturated heterocycles. The molecule has 0 heterocycles. The first-order valence-corrected chi connectivity index (χ1v) is 6.47. The number of nitrogens with one attached hydrogen (secondary N) is 1. The van der Waals surface area contributed by atoms with Gasteiger partial charge in [0, 0.05) is 21.7 Å². The summed E-state index contributed by atoms with van der Waals surface area (Å²) in [7, 11) is 0. The fraction of sp³-hybridized carbons (Fsp3) is 0.143. The van der Waals surface area contributed by atoms with E-state index in [-0.39, 0.29) is 6.42 Å². The molecule has 1 aromatic carbocycles. The molecule has 1 unspecified atom stereocenters. The van der Waals surface area contributed by atoms with E-state index in [1.165, 1.54) is 18.2 Å². The van der Waals surface area contributed by atoms with Crippen LogP contribution in [-0.2, 0) is 9.59 Å². The maximum Gasteiger partial charge on any atom is 0.326 e. The van der Waals surface area contributed by atoms with Crippen LogP contribution in [0.2, 0.25) is 10.0 Å². The summed E-state index contributed by atoms with van der Waals surface area (Å²) in [6.45, 7) is 3.44. The number of aliphatic carboxylic acids is 1. The number of benzene rings is 1. The molecule has 1 atom stereocenters. The molecule has 0 aliphatic heterocycles. The van der Waals surface area contributed by atoms with E-state index in [2.05, 4.69) is 11.9 Å². The second kappa shape index (κ2) is 7.72. The summed E-state index contributed by atoms with van der Waals surface area (Å²) in [5.74, 6) is -1.67. The molecule has 0 saturated carbocycles. The van der Waals surface area contributed by atoms with Crippen molar-refractivity contribution in [2.45, 2.75) is 12.5 Å². The van der Waals surface area contributed by atoms with E-state index in [1.807, 2.05) is 0 Å². The first-order valence-electron chi connectivity index (χ1n) is 5.72. The third kappa shape index (κ3) is 4.72. The van der Waals surface area contributed by atoms with Gasteiger partial charge in [-0.15, -0.1) is 6.58 Å². The highest BCUT2D eigenvalue weighted by atomic mass is 35.5. The van der Waals surface area contributed by atoms with Gasteiger partial charge < -0.3 is 10.4 Å². The number of hydrogen-bond donors (Lipinski definition) is 2. The van der Waals surface area contributed by atoms with Crippen LogP contribution in [-0.4, -0.2) is 23.0 Å². The smallest absolute Gasteiger partial charge is 0.326 e. The van der Waals surface area contributed by atoms with Crippen LogP contribution in [0.4, 0.5) is 0 Å². The Balaban J connectivity index is 2.77. The van der Waals surface area contributed by atoms with E-state index in [0.29, 0.717) is 15.6 Å². The largest absolute Gasteiger partial charge is 0.480 e. The zero-order valence-electron chi connectivity index (χ0n) is 10.5. The second-order valence-corrected chi connectivity index (χ2v) is 4.71. The quantitative estimate of drug-likeness (QED) is 0.626. The van der Waals surface area contributed by atoms with Gasteiger partial charge in [0.05, 0.1) is 0 Å². The van der Waals surface area contributed by atoms with Crippen LogP contribution >= 0.6 is 23.2 Å². The van der Waals surface area contributed by atoms with E-state index in [0.717, 1.165) is 0 Å². The number of carboxylic acids is 1. The number of carbonyl (C=O) groups excluding carboxylic acids is 1. The van der Waals surface area contributed by atoms with Crippen LogP contribution in [0.1, 0.15) is 12.0 Å². The molecule has 4 nitrogen and oxygen atoms in total. The maximum absolute atomic E-state index is 11.6. The van der Waals surface area contributed by atoms with E-state index in [1.54, 1.807) is 18.2 Å². The van der Waals surface area contributed by atoms with Gasteiger partial charge in [-0.25, -0.2) is 4.79 Å². The summed E-state index contributed by atoms with van der Waals surface area (Å²) in [6.07, 6.45) is 4.19. The van der Waals surface area contributed by atoms with Crippen molar-refractivity contribution >= 4 is 41.2 Å². The second-order valence-electron chi connectivity index (χ2n) is 3.89. The number of halogens is 2. The van der Waals surface area contributed by atoms with Crippen molar-refractivity contribution in [2.24, 2.45) is 0 Å². The van der Waals surface area contributed by atoms with Crippen molar-refractivity contribution in [3.05, 3.63) is 52.5 Å². The van der Waals surface area contributed by atoms with Gasteiger partial charge >= 0.3 is 5.97 Å². The highest BCUT2D eigenvalue weighted by molar-refractivity contribution is 6.37. The normalized spacial score (nSPS) is 12.1. The topological polar surface area (TPSA) is 66.4 Å². The highest BCUT2D eigenvalue weighted by Crippen LogP contribution is 2.25. The molecule has 0 aliphatic carbocycles. The van der Waals surface area contributed by atoms with Gasteiger partial charge in [-0.1, -0.05) is 35.3 Å². The number of hydrogen-bond acceptors (Lipinski definition) is 2. The Labute approximate surface area is 126 Å². The predicted octanol–water partition coefficient (Wildman–Crippen LogP) is 3.15. The number of amides is 1. The van der Waals surface area contributed by atoms with Crippen molar-refractivity contribution in [1.82, 2.24) is 5.32 Å². The zero-order valence-corrected chi connectivity index (χ0v) is 12.0.